The fourth-order valence-corrected chi connectivity index (χ4v) is 3.42. The molecular weight excluding hydrogens is 364 g/mol. The Morgan fingerprint density at radius 3 is 2.45 bits per heavy atom. The van der Waals surface area contributed by atoms with Crippen LogP contribution in [0.5, 0.6) is 5.75 Å². The van der Waals surface area contributed by atoms with Crippen LogP contribution in [0.3, 0.4) is 0 Å². The molecule has 1 amide bonds. The fourth-order valence-electron chi connectivity index (χ4n) is 3.42. The molecule has 0 radical (unpaired) electrons. The average molecular weight is 388 g/mol. The van der Waals surface area contributed by atoms with Gasteiger partial charge in [-0.2, -0.15) is 0 Å². The van der Waals surface area contributed by atoms with Crippen LogP contribution in [0.1, 0.15) is 30.1 Å². The molecule has 3 aromatic rings. The van der Waals surface area contributed by atoms with Crippen LogP contribution in [0, 0.1) is 0 Å². The highest BCUT2D eigenvalue weighted by Gasteiger charge is 2.14. The second-order valence-electron chi connectivity index (χ2n) is 6.94. The van der Waals surface area contributed by atoms with Crippen molar-refractivity contribution in [1.82, 2.24) is 9.97 Å². The predicted octanol–water partition coefficient (Wildman–Crippen LogP) is 4.39. The number of anilines is 2. The van der Waals surface area contributed by atoms with Crippen molar-refractivity contribution < 1.29 is 9.53 Å². The van der Waals surface area contributed by atoms with Crippen molar-refractivity contribution in [2.24, 2.45) is 0 Å². The lowest BCUT2D eigenvalue weighted by molar-refractivity contribution is 0.102. The molecule has 0 unspecified atom stereocenters. The van der Waals surface area contributed by atoms with E-state index >= 15 is 0 Å². The van der Waals surface area contributed by atoms with E-state index in [2.05, 4.69) is 20.2 Å². The monoisotopic (exact) mass is 388 g/mol. The first-order valence-corrected chi connectivity index (χ1v) is 9.94. The summed E-state index contributed by atoms with van der Waals surface area (Å²) < 4.78 is 5.42. The first-order valence-electron chi connectivity index (χ1n) is 9.94. The molecule has 0 saturated carbocycles. The molecule has 0 aliphatic carbocycles. The number of benzene rings is 2. The van der Waals surface area contributed by atoms with Gasteiger partial charge in [0.1, 0.15) is 17.9 Å². The molecule has 29 heavy (non-hydrogen) atoms. The third kappa shape index (κ3) is 4.54. The van der Waals surface area contributed by atoms with Crippen LogP contribution in [-0.4, -0.2) is 35.6 Å². The molecule has 148 valence electrons. The Hall–Kier alpha value is -3.41. The van der Waals surface area contributed by atoms with E-state index in [0.717, 1.165) is 41.6 Å². The smallest absolute Gasteiger partial charge is 0.255 e. The van der Waals surface area contributed by atoms with Crippen LogP contribution in [0.2, 0.25) is 0 Å². The highest BCUT2D eigenvalue weighted by atomic mass is 16.5. The third-order valence-electron chi connectivity index (χ3n) is 4.95. The third-order valence-corrected chi connectivity index (χ3v) is 4.95. The zero-order chi connectivity index (χ0) is 20.1. The SMILES string of the molecule is CCOc1ccc(NC(=O)c2ccc(-c3cc(N4CCCC4)ncn3)cc2)cc1. The summed E-state index contributed by atoms with van der Waals surface area (Å²) in [4.78, 5) is 23.6. The molecule has 1 saturated heterocycles. The van der Waals surface area contributed by atoms with Crippen molar-refractivity contribution in [3.63, 3.8) is 0 Å². The van der Waals surface area contributed by atoms with Crippen LogP contribution in [0.15, 0.2) is 60.9 Å². The maximum absolute atomic E-state index is 12.5. The van der Waals surface area contributed by atoms with E-state index in [0.29, 0.717) is 12.2 Å². The van der Waals surface area contributed by atoms with Crippen molar-refractivity contribution in [1.29, 1.82) is 0 Å². The lowest BCUT2D eigenvalue weighted by Gasteiger charge is -2.16. The molecule has 0 spiro atoms. The van der Waals surface area contributed by atoms with E-state index in [-0.39, 0.29) is 5.91 Å². The second kappa shape index (κ2) is 8.73. The Kier molecular flexibility index (Phi) is 5.70. The molecule has 0 bridgehead atoms. The van der Waals surface area contributed by atoms with Gasteiger partial charge in [0.05, 0.1) is 12.3 Å². The molecule has 4 rings (SSSR count). The summed E-state index contributed by atoms with van der Waals surface area (Å²) in [7, 11) is 0. The normalized spacial score (nSPS) is 13.3. The number of aromatic nitrogens is 2. The zero-order valence-electron chi connectivity index (χ0n) is 16.5. The molecular formula is C23H24N4O2. The van der Waals surface area contributed by atoms with Gasteiger partial charge in [0.25, 0.3) is 5.91 Å². The summed E-state index contributed by atoms with van der Waals surface area (Å²) >= 11 is 0. The molecule has 1 aliphatic heterocycles. The second-order valence-corrected chi connectivity index (χ2v) is 6.94. The lowest BCUT2D eigenvalue weighted by atomic mass is 10.1. The van der Waals surface area contributed by atoms with Crippen molar-refractivity contribution in [2.45, 2.75) is 19.8 Å². The molecule has 1 aliphatic rings. The van der Waals surface area contributed by atoms with Gasteiger partial charge in [0.2, 0.25) is 0 Å². The summed E-state index contributed by atoms with van der Waals surface area (Å²) in [6, 6.07) is 16.8. The van der Waals surface area contributed by atoms with E-state index in [9.17, 15) is 4.79 Å². The lowest BCUT2D eigenvalue weighted by Crippen LogP contribution is -2.19. The number of nitrogens with zero attached hydrogens (tertiary/aromatic N) is 3. The number of amides is 1. The summed E-state index contributed by atoms with van der Waals surface area (Å²) in [5.74, 6) is 1.60. The van der Waals surface area contributed by atoms with E-state index in [4.69, 9.17) is 4.74 Å². The minimum absolute atomic E-state index is 0.152. The number of nitrogens with one attached hydrogen (secondary N) is 1. The number of hydrogen-bond acceptors (Lipinski definition) is 5. The van der Waals surface area contributed by atoms with Gasteiger partial charge in [0, 0.05) is 36.0 Å². The molecule has 1 aromatic heterocycles. The predicted molar refractivity (Wildman–Crippen MR) is 114 cm³/mol. The number of rotatable bonds is 6. The van der Waals surface area contributed by atoms with Crippen LogP contribution in [0.25, 0.3) is 11.3 Å². The van der Waals surface area contributed by atoms with Gasteiger partial charge in [0.15, 0.2) is 0 Å². The largest absolute Gasteiger partial charge is 0.494 e. The Bertz CT molecular complexity index is 965. The summed E-state index contributed by atoms with van der Waals surface area (Å²) in [6.45, 7) is 4.64. The van der Waals surface area contributed by atoms with Gasteiger partial charge in [-0.15, -0.1) is 0 Å². The highest BCUT2D eigenvalue weighted by Crippen LogP contribution is 2.24. The average Bonchev–Trinajstić information content (AvgIpc) is 3.31. The summed E-state index contributed by atoms with van der Waals surface area (Å²) in [6.07, 6.45) is 4.02. The van der Waals surface area contributed by atoms with Crippen molar-refractivity contribution in [2.75, 3.05) is 29.9 Å². The molecule has 6 heteroatoms. The molecule has 1 fully saturated rings. The van der Waals surface area contributed by atoms with Crippen LogP contribution < -0.4 is 15.0 Å². The summed E-state index contributed by atoms with van der Waals surface area (Å²) in [5.41, 5.74) is 3.15. The van der Waals surface area contributed by atoms with Crippen molar-refractivity contribution in [3.8, 4) is 17.0 Å². The molecule has 6 nitrogen and oxygen atoms in total. The van der Waals surface area contributed by atoms with Crippen molar-refractivity contribution in [3.05, 3.63) is 66.5 Å². The minimum Gasteiger partial charge on any atom is -0.494 e. The van der Waals surface area contributed by atoms with Gasteiger partial charge in [-0.05, 0) is 56.2 Å². The van der Waals surface area contributed by atoms with E-state index < -0.39 is 0 Å². The minimum atomic E-state index is -0.152. The molecule has 0 atom stereocenters. The first-order chi connectivity index (χ1) is 14.2. The Labute approximate surface area is 170 Å². The molecule has 2 aromatic carbocycles. The van der Waals surface area contributed by atoms with Crippen LogP contribution in [-0.2, 0) is 0 Å². The van der Waals surface area contributed by atoms with Crippen LogP contribution >= 0.6 is 0 Å². The van der Waals surface area contributed by atoms with Gasteiger partial charge >= 0.3 is 0 Å². The zero-order valence-corrected chi connectivity index (χ0v) is 16.5. The fraction of sp³-hybridized carbons (Fsp3) is 0.261. The summed E-state index contributed by atoms with van der Waals surface area (Å²) in [5, 5.41) is 2.91. The maximum atomic E-state index is 12.5. The Balaban J connectivity index is 1.44. The van der Waals surface area contributed by atoms with E-state index in [1.165, 1.54) is 12.8 Å². The van der Waals surface area contributed by atoms with Crippen molar-refractivity contribution >= 4 is 17.4 Å². The molecule has 2 heterocycles. The Morgan fingerprint density at radius 2 is 1.76 bits per heavy atom. The quantitative estimate of drug-likeness (QED) is 0.678. The maximum Gasteiger partial charge on any atom is 0.255 e. The van der Waals surface area contributed by atoms with Gasteiger partial charge in [-0.1, -0.05) is 12.1 Å². The van der Waals surface area contributed by atoms with Gasteiger partial charge in [-0.25, -0.2) is 9.97 Å². The standard InChI is InChI=1S/C23H24N4O2/c1-2-29-20-11-9-19(10-12-20)26-23(28)18-7-5-17(6-8-18)21-15-22(25-16-24-21)27-13-3-4-14-27/h5-12,15-16H,2-4,13-14H2,1H3,(H,26,28). The first kappa shape index (κ1) is 18.9. The number of hydrogen-bond donors (Lipinski definition) is 1. The van der Waals surface area contributed by atoms with E-state index in [1.807, 2.05) is 61.5 Å². The van der Waals surface area contributed by atoms with Gasteiger partial charge < -0.3 is 15.0 Å². The topological polar surface area (TPSA) is 67.3 Å². The number of carbonyl (C=O) groups is 1. The highest BCUT2D eigenvalue weighted by molar-refractivity contribution is 6.04. The Morgan fingerprint density at radius 1 is 1.03 bits per heavy atom. The van der Waals surface area contributed by atoms with Gasteiger partial charge in [-0.3, -0.25) is 4.79 Å². The molecule has 1 N–H and O–H groups in total. The number of carbonyl (C=O) groups excluding carboxylic acids is 1. The number of ether oxygens (including phenoxy) is 1. The van der Waals surface area contributed by atoms with E-state index in [1.54, 1.807) is 6.33 Å². The van der Waals surface area contributed by atoms with Crippen LogP contribution in [0.4, 0.5) is 11.5 Å².